The molecule has 7 heteroatoms. The molecule has 2 aromatic rings. The van der Waals surface area contributed by atoms with Crippen molar-refractivity contribution in [2.24, 2.45) is 0 Å². The Morgan fingerprint density at radius 1 is 0.926 bits per heavy atom. The topological polar surface area (TPSA) is 26.7 Å². The smallest absolute Gasteiger partial charge is 0.392 e. The highest BCUT2D eigenvalue weighted by molar-refractivity contribution is 5.31. The van der Waals surface area contributed by atoms with E-state index in [2.05, 4.69) is 0 Å². The first kappa shape index (κ1) is 21.3. The number of aliphatic hydroxyl groups is 1. The Kier molecular flexibility index (Phi) is 7.35. The van der Waals surface area contributed by atoms with Gasteiger partial charge in [-0.25, -0.2) is 4.39 Å². The summed E-state index contributed by atoms with van der Waals surface area (Å²) < 4.78 is 54.1. The average Bonchev–Trinajstić information content (AvgIpc) is 2.60. The second-order valence-corrected chi connectivity index (χ2v) is 6.76. The van der Waals surface area contributed by atoms with E-state index in [1.54, 1.807) is 23.1 Å². The van der Waals surface area contributed by atoms with Gasteiger partial charge in [0.2, 0.25) is 0 Å². The number of likely N-dealkylation sites (N-methyl/N-ethyl adjacent to an activating group) is 1. The number of alkyl halides is 3. The molecule has 0 aliphatic carbocycles. The molecule has 27 heavy (non-hydrogen) atoms. The van der Waals surface area contributed by atoms with Crippen LogP contribution in [-0.4, -0.2) is 42.1 Å². The summed E-state index contributed by atoms with van der Waals surface area (Å²) in [6, 6.07) is 10.2. The number of aliphatic hydroxyl groups excluding tert-OH is 1. The van der Waals surface area contributed by atoms with Crippen molar-refractivity contribution < 1.29 is 22.7 Å². The third kappa shape index (κ3) is 6.30. The van der Waals surface area contributed by atoms with Gasteiger partial charge in [-0.3, -0.25) is 4.90 Å². The maximum absolute atomic E-state index is 14.2. The highest BCUT2D eigenvalue weighted by Gasteiger charge is 2.34. The molecule has 0 radical (unpaired) electrons. The van der Waals surface area contributed by atoms with E-state index in [0.717, 1.165) is 29.3 Å². The van der Waals surface area contributed by atoms with Gasteiger partial charge in [-0.05, 0) is 37.4 Å². The fourth-order valence-electron chi connectivity index (χ4n) is 2.85. The number of nitrogens with zero attached hydrogens (tertiary/aromatic N) is 2. The summed E-state index contributed by atoms with van der Waals surface area (Å²) in [5.41, 5.74) is 0.288. The second kappa shape index (κ2) is 9.30. The molecule has 0 aliphatic heterocycles. The first-order valence-corrected chi connectivity index (χ1v) is 8.61. The van der Waals surface area contributed by atoms with E-state index in [1.165, 1.54) is 0 Å². The maximum atomic E-state index is 14.2. The SMILES string of the molecule is CN(C)CCN(Cc1cccc(CO)c1)Cc1c(F)cccc1C(F)(F)F. The van der Waals surface area contributed by atoms with Gasteiger partial charge in [0.1, 0.15) is 5.82 Å². The van der Waals surface area contributed by atoms with Gasteiger partial charge in [-0.15, -0.1) is 0 Å². The van der Waals surface area contributed by atoms with Crippen LogP contribution in [0.4, 0.5) is 17.6 Å². The second-order valence-electron chi connectivity index (χ2n) is 6.76. The van der Waals surface area contributed by atoms with Crippen molar-refractivity contribution in [3.05, 3.63) is 70.5 Å². The molecule has 0 aromatic heterocycles. The number of rotatable bonds is 8. The van der Waals surface area contributed by atoms with Gasteiger partial charge in [-0.2, -0.15) is 13.2 Å². The first-order valence-electron chi connectivity index (χ1n) is 8.61. The number of halogens is 4. The van der Waals surface area contributed by atoms with Gasteiger partial charge in [0.25, 0.3) is 0 Å². The predicted octanol–water partition coefficient (Wildman–Crippen LogP) is 3.90. The number of hydrogen-bond donors (Lipinski definition) is 1. The minimum atomic E-state index is -4.61. The summed E-state index contributed by atoms with van der Waals surface area (Å²) in [6.07, 6.45) is -4.61. The van der Waals surface area contributed by atoms with Crippen LogP contribution in [0.25, 0.3) is 0 Å². The van der Waals surface area contributed by atoms with Crippen molar-refractivity contribution in [2.75, 3.05) is 27.2 Å². The van der Waals surface area contributed by atoms with E-state index in [-0.39, 0.29) is 18.7 Å². The zero-order valence-electron chi connectivity index (χ0n) is 15.4. The first-order chi connectivity index (χ1) is 12.7. The van der Waals surface area contributed by atoms with Gasteiger partial charge in [-0.1, -0.05) is 30.3 Å². The van der Waals surface area contributed by atoms with Crippen molar-refractivity contribution in [2.45, 2.75) is 25.9 Å². The molecule has 2 aromatic carbocycles. The molecule has 0 fully saturated rings. The van der Waals surface area contributed by atoms with Gasteiger partial charge in [0.15, 0.2) is 0 Å². The molecule has 0 saturated carbocycles. The molecule has 148 valence electrons. The predicted molar refractivity (Wildman–Crippen MR) is 96.4 cm³/mol. The van der Waals surface area contributed by atoms with Gasteiger partial charge in [0.05, 0.1) is 12.2 Å². The van der Waals surface area contributed by atoms with Crippen molar-refractivity contribution in [1.29, 1.82) is 0 Å². The van der Waals surface area contributed by atoms with E-state index in [4.69, 9.17) is 0 Å². The molecular weight excluding hydrogens is 360 g/mol. The summed E-state index contributed by atoms with van der Waals surface area (Å²) in [4.78, 5) is 3.70. The van der Waals surface area contributed by atoms with Gasteiger partial charge < -0.3 is 10.0 Å². The lowest BCUT2D eigenvalue weighted by molar-refractivity contribution is -0.138. The molecule has 0 spiro atoms. The Bertz CT molecular complexity index is 747. The van der Waals surface area contributed by atoms with Crippen molar-refractivity contribution in [3.8, 4) is 0 Å². The van der Waals surface area contributed by atoms with Crippen LogP contribution in [0.3, 0.4) is 0 Å². The van der Waals surface area contributed by atoms with Crippen LogP contribution in [0.1, 0.15) is 22.3 Å². The third-order valence-corrected chi connectivity index (χ3v) is 4.25. The van der Waals surface area contributed by atoms with Crippen LogP contribution in [-0.2, 0) is 25.9 Å². The molecular formula is C20H24F4N2O. The van der Waals surface area contributed by atoms with Crippen LogP contribution in [0.5, 0.6) is 0 Å². The lowest BCUT2D eigenvalue weighted by Gasteiger charge is -2.26. The Morgan fingerprint density at radius 3 is 2.22 bits per heavy atom. The van der Waals surface area contributed by atoms with Crippen LogP contribution >= 0.6 is 0 Å². The Morgan fingerprint density at radius 2 is 1.59 bits per heavy atom. The number of benzene rings is 2. The monoisotopic (exact) mass is 384 g/mol. The van der Waals surface area contributed by atoms with Crippen molar-refractivity contribution in [3.63, 3.8) is 0 Å². The third-order valence-electron chi connectivity index (χ3n) is 4.25. The van der Waals surface area contributed by atoms with Crippen LogP contribution in [0.15, 0.2) is 42.5 Å². The molecule has 0 atom stereocenters. The minimum absolute atomic E-state index is 0.114. The van der Waals surface area contributed by atoms with E-state index in [9.17, 15) is 22.7 Å². The molecule has 1 N–H and O–H groups in total. The van der Waals surface area contributed by atoms with E-state index >= 15 is 0 Å². The zero-order chi connectivity index (χ0) is 20.0. The largest absolute Gasteiger partial charge is 0.416 e. The highest BCUT2D eigenvalue weighted by Crippen LogP contribution is 2.33. The summed E-state index contributed by atoms with van der Waals surface area (Å²) in [5, 5.41) is 9.27. The summed E-state index contributed by atoms with van der Waals surface area (Å²) in [5.74, 6) is -0.858. The molecule has 2 rings (SSSR count). The quantitative estimate of drug-likeness (QED) is 0.700. The Labute approximate surface area is 156 Å². The Balaban J connectivity index is 2.30. The average molecular weight is 384 g/mol. The van der Waals surface area contributed by atoms with E-state index in [0.29, 0.717) is 19.6 Å². The summed E-state index contributed by atoms with van der Waals surface area (Å²) in [7, 11) is 3.74. The van der Waals surface area contributed by atoms with Crippen LogP contribution < -0.4 is 0 Å². The summed E-state index contributed by atoms with van der Waals surface area (Å²) in [6.45, 7) is 1.18. The normalized spacial score (nSPS) is 12.2. The fourth-order valence-corrected chi connectivity index (χ4v) is 2.85. The van der Waals surface area contributed by atoms with E-state index in [1.807, 2.05) is 25.1 Å². The molecule has 0 unspecified atom stereocenters. The van der Waals surface area contributed by atoms with Gasteiger partial charge in [0, 0.05) is 31.7 Å². The minimum Gasteiger partial charge on any atom is -0.392 e. The highest BCUT2D eigenvalue weighted by atomic mass is 19.4. The molecule has 0 bridgehead atoms. The molecule has 0 aliphatic rings. The number of hydrogen-bond acceptors (Lipinski definition) is 3. The van der Waals surface area contributed by atoms with Crippen LogP contribution in [0.2, 0.25) is 0 Å². The molecule has 0 heterocycles. The maximum Gasteiger partial charge on any atom is 0.416 e. The van der Waals surface area contributed by atoms with Gasteiger partial charge >= 0.3 is 6.18 Å². The molecule has 3 nitrogen and oxygen atoms in total. The van der Waals surface area contributed by atoms with Crippen molar-refractivity contribution in [1.82, 2.24) is 9.80 Å². The summed E-state index contributed by atoms with van der Waals surface area (Å²) >= 11 is 0. The standard InChI is InChI=1S/C20H24F4N2O/c1-25(2)9-10-26(12-15-5-3-6-16(11-15)14-27)13-17-18(20(22,23)24)7-4-8-19(17)21/h3-8,11,27H,9-10,12-14H2,1-2H3. The molecule has 0 amide bonds. The fraction of sp³-hybridized carbons (Fsp3) is 0.400. The zero-order valence-corrected chi connectivity index (χ0v) is 15.4. The van der Waals surface area contributed by atoms with Crippen LogP contribution in [0, 0.1) is 5.82 Å². The lowest BCUT2D eigenvalue weighted by Crippen LogP contribution is -2.32. The van der Waals surface area contributed by atoms with E-state index < -0.39 is 17.6 Å². The van der Waals surface area contributed by atoms with Crippen molar-refractivity contribution >= 4 is 0 Å². The molecule has 0 saturated heterocycles. The Hall–Kier alpha value is -1.96. The lowest BCUT2D eigenvalue weighted by atomic mass is 10.0.